The highest BCUT2D eigenvalue weighted by Crippen LogP contribution is 2.36. The van der Waals surface area contributed by atoms with Crippen molar-refractivity contribution < 1.29 is 4.92 Å². The van der Waals surface area contributed by atoms with Crippen LogP contribution in [0.25, 0.3) is 0 Å². The predicted molar refractivity (Wildman–Crippen MR) is 78.2 cm³/mol. The maximum Gasteiger partial charge on any atom is 0.334 e. The summed E-state index contributed by atoms with van der Waals surface area (Å²) in [7, 11) is 1.79. The van der Waals surface area contributed by atoms with Crippen molar-refractivity contribution in [3.05, 3.63) is 15.8 Å². The fraction of sp³-hybridized carbons (Fsp3) is 0.769. The minimum Gasteiger partial charge on any atom is -0.343 e. The average molecular weight is 281 g/mol. The number of nitrogens with one attached hydrogen (secondary N) is 1. The van der Waals surface area contributed by atoms with Gasteiger partial charge >= 0.3 is 5.69 Å². The number of hydrogen-bond acceptors (Lipinski definition) is 5. The van der Waals surface area contributed by atoms with Gasteiger partial charge in [-0.2, -0.15) is 5.10 Å². The summed E-state index contributed by atoms with van der Waals surface area (Å²) in [5.41, 5.74) is 0.592. The van der Waals surface area contributed by atoms with Crippen LogP contribution in [0.1, 0.15) is 32.9 Å². The lowest BCUT2D eigenvalue weighted by Crippen LogP contribution is -2.58. The highest BCUT2D eigenvalue weighted by molar-refractivity contribution is 5.63. The molecule has 0 bridgehead atoms. The lowest BCUT2D eigenvalue weighted by molar-refractivity contribution is -0.384. The Labute approximate surface area is 119 Å². The third-order valence-corrected chi connectivity index (χ3v) is 3.79. The van der Waals surface area contributed by atoms with Gasteiger partial charge in [-0.1, -0.05) is 13.3 Å². The van der Waals surface area contributed by atoms with Gasteiger partial charge < -0.3 is 10.2 Å². The van der Waals surface area contributed by atoms with Gasteiger partial charge in [-0.25, -0.2) is 4.68 Å². The molecule has 1 aromatic heterocycles. The number of nitrogens with zero attached hydrogens (tertiary/aromatic N) is 4. The summed E-state index contributed by atoms with van der Waals surface area (Å²) in [6, 6.07) is 0. The quantitative estimate of drug-likeness (QED) is 0.668. The highest BCUT2D eigenvalue weighted by Gasteiger charge is 2.38. The summed E-state index contributed by atoms with van der Waals surface area (Å²) >= 11 is 0. The second-order valence-electron chi connectivity index (χ2n) is 5.89. The molecule has 1 aliphatic rings. The van der Waals surface area contributed by atoms with E-state index in [4.69, 9.17) is 0 Å². The third kappa shape index (κ3) is 2.49. The van der Waals surface area contributed by atoms with E-state index >= 15 is 0 Å². The van der Waals surface area contributed by atoms with Crippen LogP contribution in [0.2, 0.25) is 0 Å². The first-order valence-corrected chi connectivity index (χ1v) is 7.07. The average Bonchev–Trinajstić information content (AvgIpc) is 2.66. The first kappa shape index (κ1) is 14.8. The van der Waals surface area contributed by atoms with Crippen molar-refractivity contribution in [1.82, 2.24) is 15.1 Å². The van der Waals surface area contributed by atoms with Crippen molar-refractivity contribution in [2.75, 3.05) is 24.5 Å². The molecule has 1 N–H and O–H groups in total. The molecule has 112 valence electrons. The van der Waals surface area contributed by atoms with Crippen LogP contribution in [-0.4, -0.2) is 39.9 Å². The van der Waals surface area contributed by atoms with Crippen LogP contribution in [0.15, 0.2) is 0 Å². The fourth-order valence-corrected chi connectivity index (χ4v) is 2.83. The maximum absolute atomic E-state index is 11.5. The van der Waals surface area contributed by atoms with E-state index < -0.39 is 0 Å². The Bertz CT molecular complexity index is 509. The molecular formula is C13H23N5O2. The topological polar surface area (TPSA) is 76.2 Å². The van der Waals surface area contributed by atoms with E-state index in [1.54, 1.807) is 11.7 Å². The zero-order valence-electron chi connectivity index (χ0n) is 12.6. The van der Waals surface area contributed by atoms with Gasteiger partial charge in [0.1, 0.15) is 5.69 Å². The van der Waals surface area contributed by atoms with Crippen molar-refractivity contribution in [3.8, 4) is 0 Å². The molecule has 2 rings (SSSR count). The van der Waals surface area contributed by atoms with Crippen molar-refractivity contribution in [1.29, 1.82) is 0 Å². The third-order valence-electron chi connectivity index (χ3n) is 3.79. The summed E-state index contributed by atoms with van der Waals surface area (Å²) in [5, 5.41) is 19.2. The highest BCUT2D eigenvalue weighted by atomic mass is 16.6. The fourth-order valence-electron chi connectivity index (χ4n) is 2.83. The van der Waals surface area contributed by atoms with Crippen LogP contribution >= 0.6 is 0 Å². The number of rotatable bonds is 4. The number of piperazine rings is 1. The zero-order valence-corrected chi connectivity index (χ0v) is 12.6. The molecular weight excluding hydrogens is 258 g/mol. The molecule has 0 radical (unpaired) electrons. The molecule has 0 spiro atoms. The zero-order chi connectivity index (χ0) is 14.9. The van der Waals surface area contributed by atoms with Crippen molar-refractivity contribution in [2.45, 2.75) is 39.2 Å². The first-order chi connectivity index (χ1) is 9.38. The standard InChI is InChI=1S/C13H23N5O2/c1-5-6-10-11(18(19)20)12(16(4)15-10)17-8-7-14-9-13(17,2)3/h14H,5-9H2,1-4H3. The van der Waals surface area contributed by atoms with E-state index in [0.717, 1.165) is 26.1 Å². The van der Waals surface area contributed by atoms with E-state index in [1.807, 2.05) is 6.92 Å². The molecule has 7 heteroatoms. The van der Waals surface area contributed by atoms with Gasteiger partial charge in [-0.05, 0) is 20.3 Å². The Kier molecular flexibility index (Phi) is 3.99. The van der Waals surface area contributed by atoms with Crippen molar-refractivity contribution in [2.24, 2.45) is 7.05 Å². The largest absolute Gasteiger partial charge is 0.343 e. The smallest absolute Gasteiger partial charge is 0.334 e. The van der Waals surface area contributed by atoms with E-state index in [2.05, 4.69) is 29.2 Å². The monoisotopic (exact) mass is 281 g/mol. The molecule has 1 fully saturated rings. The number of aromatic nitrogens is 2. The molecule has 0 saturated carbocycles. The maximum atomic E-state index is 11.5. The summed E-state index contributed by atoms with van der Waals surface area (Å²) in [6.07, 6.45) is 1.49. The lowest BCUT2D eigenvalue weighted by atomic mass is 10.00. The molecule has 0 atom stereocenters. The summed E-state index contributed by atoms with van der Waals surface area (Å²) < 4.78 is 1.66. The van der Waals surface area contributed by atoms with E-state index in [0.29, 0.717) is 17.9 Å². The van der Waals surface area contributed by atoms with Crippen LogP contribution < -0.4 is 10.2 Å². The Hall–Kier alpha value is -1.63. The van der Waals surface area contributed by atoms with Crippen molar-refractivity contribution >= 4 is 11.5 Å². The Morgan fingerprint density at radius 1 is 1.50 bits per heavy atom. The summed E-state index contributed by atoms with van der Waals surface area (Å²) in [6.45, 7) is 8.57. The van der Waals surface area contributed by atoms with Gasteiger partial charge in [0.05, 0.1) is 4.92 Å². The molecule has 0 aliphatic carbocycles. The molecule has 1 aliphatic heterocycles. The predicted octanol–water partition coefficient (Wildman–Crippen LogP) is 1.47. The minimum atomic E-state index is -0.286. The van der Waals surface area contributed by atoms with E-state index in [-0.39, 0.29) is 16.1 Å². The van der Waals surface area contributed by atoms with Gasteiger partial charge in [-0.3, -0.25) is 10.1 Å². The minimum absolute atomic E-state index is 0.166. The second kappa shape index (κ2) is 5.40. The number of anilines is 1. The van der Waals surface area contributed by atoms with Crippen LogP contribution in [0, 0.1) is 10.1 Å². The summed E-state index contributed by atoms with van der Waals surface area (Å²) in [5.74, 6) is 0.630. The van der Waals surface area contributed by atoms with Gasteiger partial charge in [0.15, 0.2) is 0 Å². The first-order valence-electron chi connectivity index (χ1n) is 7.07. The second-order valence-corrected chi connectivity index (χ2v) is 5.89. The van der Waals surface area contributed by atoms with E-state index in [9.17, 15) is 10.1 Å². The molecule has 0 aromatic carbocycles. The molecule has 1 saturated heterocycles. The van der Waals surface area contributed by atoms with Crippen LogP contribution in [0.3, 0.4) is 0 Å². The molecule has 7 nitrogen and oxygen atoms in total. The Morgan fingerprint density at radius 3 is 2.75 bits per heavy atom. The van der Waals surface area contributed by atoms with E-state index in [1.165, 1.54) is 0 Å². The molecule has 2 heterocycles. The van der Waals surface area contributed by atoms with Gasteiger partial charge in [0, 0.05) is 32.2 Å². The number of hydrogen-bond donors (Lipinski definition) is 1. The molecule has 20 heavy (non-hydrogen) atoms. The molecule has 0 unspecified atom stereocenters. The summed E-state index contributed by atoms with van der Waals surface area (Å²) in [4.78, 5) is 13.3. The van der Waals surface area contributed by atoms with Gasteiger partial charge in [-0.15, -0.1) is 0 Å². The van der Waals surface area contributed by atoms with Gasteiger partial charge in [0.2, 0.25) is 5.82 Å². The Balaban J connectivity index is 2.52. The lowest BCUT2D eigenvalue weighted by Gasteiger charge is -2.43. The number of aryl methyl sites for hydroxylation is 2. The van der Waals surface area contributed by atoms with Crippen LogP contribution in [-0.2, 0) is 13.5 Å². The number of nitro groups is 1. The Morgan fingerprint density at radius 2 is 2.20 bits per heavy atom. The van der Waals surface area contributed by atoms with Gasteiger partial charge in [0.25, 0.3) is 0 Å². The van der Waals surface area contributed by atoms with Crippen molar-refractivity contribution in [3.63, 3.8) is 0 Å². The van der Waals surface area contributed by atoms with Crippen LogP contribution in [0.5, 0.6) is 0 Å². The van der Waals surface area contributed by atoms with Crippen LogP contribution in [0.4, 0.5) is 11.5 Å². The molecule has 1 aromatic rings. The normalized spacial score (nSPS) is 18.3. The molecule has 0 amide bonds. The SMILES string of the molecule is CCCc1nn(C)c(N2CCNCC2(C)C)c1[N+](=O)[O-].